The van der Waals surface area contributed by atoms with E-state index in [1.807, 2.05) is 41.5 Å². The Morgan fingerprint density at radius 1 is 0.190 bits per heavy atom. The molecular weight excluding hydrogens is 1950 g/mol. The van der Waals surface area contributed by atoms with Gasteiger partial charge in [-0.25, -0.2) is 169 Å². The van der Waals surface area contributed by atoms with Crippen molar-refractivity contribution in [2.45, 2.75) is 402 Å². The fourth-order valence-corrected chi connectivity index (χ4v) is 18.8. The molecule has 24 rings (SSSR count). The van der Waals surface area contributed by atoms with Crippen LogP contribution in [-0.2, 0) is 164 Å². The van der Waals surface area contributed by atoms with Gasteiger partial charge in [0.25, 0.3) is 0 Å². The van der Waals surface area contributed by atoms with Crippen molar-refractivity contribution in [2.75, 3.05) is 79.3 Å². The minimum atomic E-state index is -0.608. The Bertz CT molecular complexity index is 6260. The number of aromatic nitrogens is 18. The molecule has 18 aliphatic rings. The lowest BCUT2D eigenvalue weighted by Gasteiger charge is -2.22. The summed E-state index contributed by atoms with van der Waals surface area (Å²) >= 11 is 0. The molecule has 0 aliphatic carbocycles. The van der Waals surface area contributed by atoms with E-state index in [9.17, 15) is 86.3 Å². The highest BCUT2D eigenvalue weighted by Gasteiger charge is 2.50. The Labute approximate surface area is 834 Å². The van der Waals surface area contributed by atoms with Crippen LogP contribution < -0.4 is 102 Å². The molecule has 0 amide bonds. The van der Waals surface area contributed by atoms with Crippen molar-refractivity contribution in [3.05, 3.63) is 189 Å². The number of hydrogen-bond donors (Lipinski definition) is 0. The van der Waals surface area contributed by atoms with Gasteiger partial charge in [-0.1, -0.05) is 0 Å². The standard InChI is InChI=1S/2C18H27N3O6.3C15H21N3O6.C12H15N3O6/c1-7(13-10(4)25-13)19-16(22)20(8(2)14-11(5)26-14)18(24)21(17(19)23)9(3)15-12(6)27-15;22-16-19(7-1-4-13-10-25-13)17(23)21(9-3-6-15-12-27-15)18(24)20(16)8-2-5-14-11-26-14;1-7(10-4-22-10)16-13(19)17(8(2)11-5-23-11)15(21)18(14(16)20)9(3)12-6-24-12;1-7-10(22-7)4-16-13(19)17(5-11-8(2)23-11)15(21)18(14(16)20)6-12-9(3)24-12;19-13-16(4-1-10-7-22-10)14(20)18(6-3-12-9-24-12)15(21)17(13)5-2-11-8-23-11;16-10-13(1-7-4-19-7)11(17)15(3-9-6-21-9)12(18)14(10)2-8-5-20-8/h7-15H,1-6H3;13-15H,1-12H2;2*7-12H,4-6H2,1-3H3;10-12H,1-9H2;7-9H,1-6H2. The smallest absolute Gasteiger partial charge is 0.337 e. The molecule has 0 N–H and O–H groups in total. The summed E-state index contributed by atoms with van der Waals surface area (Å²) in [7, 11) is 0. The van der Waals surface area contributed by atoms with E-state index < -0.39 is 139 Å². The lowest BCUT2D eigenvalue weighted by Crippen LogP contribution is -2.58. The second-order valence-corrected chi connectivity index (χ2v) is 41.4. The van der Waals surface area contributed by atoms with Crippen LogP contribution in [0, 0.1) is 0 Å². The molecule has 18 saturated heterocycles. The fraction of sp³-hybridized carbons (Fsp3) is 0.806. The SMILES string of the molecule is CC(C1CO1)n1c(=O)n(C(C)C2CO2)c(=O)n(C(C)C2CO2)c1=O.CC1OC1C(C)n1c(=O)n(C(C)C2OC2C)c(=O)n(C(C)C2OC2C)c1=O.CC1OC1Cn1c(=O)n(CC2OC2C)c(=O)n(CC2OC2C)c1=O.O=c1n(CC2CO2)c(=O)n(CC2CO2)c(=O)n1CC1CO1.O=c1n(CCC2CO2)c(=O)n(CCC2CO2)c(=O)n1CCC1CO1.O=c1n(CCCC2CO2)c(=O)n(CCCC2CO2)c(=O)n1CCCC1CO1. The third-order valence-electron chi connectivity index (χ3n) is 30.0. The summed E-state index contributed by atoms with van der Waals surface area (Å²) in [6, 6.07) is -2.68. The predicted octanol–water partition coefficient (Wildman–Crippen LogP) is -6.58. The highest BCUT2D eigenvalue weighted by molar-refractivity contribution is 5.03. The first-order valence-corrected chi connectivity index (χ1v) is 51.4. The minimum absolute atomic E-state index is 0.0173. The lowest BCUT2D eigenvalue weighted by molar-refractivity contribution is 0.261. The van der Waals surface area contributed by atoms with Gasteiger partial charge in [0, 0.05) is 39.3 Å². The van der Waals surface area contributed by atoms with Crippen molar-refractivity contribution < 1.29 is 85.3 Å². The summed E-state index contributed by atoms with van der Waals surface area (Å²) < 4.78 is 115. The van der Waals surface area contributed by atoms with Crippen LogP contribution in [0.2, 0.25) is 0 Å². The summed E-state index contributed by atoms with van der Waals surface area (Å²) in [5.41, 5.74) is -10.3. The number of ether oxygens (including phenoxy) is 18. The van der Waals surface area contributed by atoms with E-state index in [0.29, 0.717) is 118 Å². The molecule has 0 spiro atoms. The first-order valence-electron chi connectivity index (χ1n) is 51.4. The molecule has 54 nitrogen and oxygen atoms in total. The zero-order valence-electron chi connectivity index (χ0n) is 84.4. The zero-order valence-corrected chi connectivity index (χ0v) is 84.4. The monoisotopic (exact) mass is 2080 g/mol. The molecule has 6 aromatic rings. The van der Waals surface area contributed by atoms with Gasteiger partial charge in [-0.3, -0.25) is 0 Å². The number of nitrogens with zero attached hydrogens (tertiary/aromatic N) is 18. The van der Waals surface area contributed by atoms with Gasteiger partial charge in [0.15, 0.2) is 0 Å². The van der Waals surface area contributed by atoms with E-state index in [1.165, 1.54) is 13.7 Å². The normalized spacial score (nSPS) is 31.3. The summed E-state index contributed by atoms with van der Waals surface area (Å²) in [6.45, 7) is 32.0. The molecule has 0 radical (unpaired) electrons. The van der Waals surface area contributed by atoms with Gasteiger partial charge in [0.2, 0.25) is 0 Å². The molecule has 18 fully saturated rings. The van der Waals surface area contributed by atoms with Crippen molar-refractivity contribution in [1.29, 1.82) is 0 Å². The van der Waals surface area contributed by atoms with Gasteiger partial charge in [0.1, 0.15) is 54.9 Å². The third-order valence-corrected chi connectivity index (χ3v) is 30.0. The Morgan fingerprint density at radius 3 is 0.510 bits per heavy atom. The Kier molecular flexibility index (Phi) is 30.9. The number of epoxide rings is 18. The second-order valence-electron chi connectivity index (χ2n) is 41.4. The number of hydrogen-bond acceptors (Lipinski definition) is 36. The minimum Gasteiger partial charge on any atom is -0.373 e. The Hall–Kier alpha value is -10.3. The maximum Gasteiger partial charge on any atom is 0.337 e. The van der Waals surface area contributed by atoms with E-state index in [2.05, 4.69) is 0 Å². The number of rotatable bonds is 45. The topological polar surface area (TPSA) is 622 Å². The van der Waals surface area contributed by atoms with Crippen LogP contribution >= 0.6 is 0 Å². The summed E-state index contributed by atoms with van der Waals surface area (Å²) in [6.07, 6.45) is 5.41. The molecule has 30 unspecified atom stereocenters. The van der Waals surface area contributed by atoms with Crippen molar-refractivity contribution in [3.63, 3.8) is 0 Å². The maximum atomic E-state index is 13.2. The molecule has 147 heavy (non-hydrogen) atoms. The lowest BCUT2D eigenvalue weighted by atomic mass is 10.1. The Balaban J connectivity index is 0.000000111. The van der Waals surface area contributed by atoms with Crippen molar-refractivity contribution >= 4 is 0 Å². The quantitative estimate of drug-likeness (QED) is 0.0321. The summed E-state index contributed by atoms with van der Waals surface area (Å²) in [5.74, 6) is 0. The van der Waals surface area contributed by atoms with Gasteiger partial charge in [-0.2, -0.15) is 0 Å². The molecule has 6 aromatic heterocycles. The second kappa shape index (κ2) is 43.2. The summed E-state index contributed by atoms with van der Waals surface area (Å²) in [5, 5.41) is 0. The first kappa shape index (κ1) is 105. The van der Waals surface area contributed by atoms with Crippen molar-refractivity contribution in [2.24, 2.45) is 0 Å². The molecule has 810 valence electrons. The summed E-state index contributed by atoms with van der Waals surface area (Å²) in [4.78, 5) is 229. The predicted molar refractivity (Wildman–Crippen MR) is 508 cm³/mol. The molecule has 0 aromatic carbocycles. The zero-order chi connectivity index (χ0) is 104. The largest absolute Gasteiger partial charge is 0.373 e. The van der Waals surface area contributed by atoms with Crippen molar-refractivity contribution in [3.8, 4) is 0 Å². The van der Waals surface area contributed by atoms with Crippen LogP contribution in [0.25, 0.3) is 0 Å². The van der Waals surface area contributed by atoms with Crippen LogP contribution in [0.4, 0.5) is 0 Å². The molecule has 30 atom stereocenters. The molecular formula is C93H132N18O36. The first-order chi connectivity index (χ1) is 70.3. The van der Waals surface area contributed by atoms with Crippen LogP contribution in [-0.4, -0.2) is 308 Å². The molecule has 0 saturated carbocycles. The van der Waals surface area contributed by atoms with Gasteiger partial charge in [-0.05, 0) is 141 Å². The highest BCUT2D eigenvalue weighted by Crippen LogP contribution is 2.36. The molecule has 24 heterocycles. The third kappa shape index (κ3) is 25.1. The van der Waals surface area contributed by atoms with Crippen LogP contribution in [0.15, 0.2) is 86.3 Å². The van der Waals surface area contributed by atoms with Crippen molar-refractivity contribution in [1.82, 2.24) is 82.2 Å². The molecule has 0 bridgehead atoms. The van der Waals surface area contributed by atoms with E-state index in [-0.39, 0.29) is 205 Å². The fourth-order valence-electron chi connectivity index (χ4n) is 18.8. The van der Waals surface area contributed by atoms with Gasteiger partial charge in [-0.15, -0.1) is 0 Å². The van der Waals surface area contributed by atoms with E-state index in [1.54, 1.807) is 41.5 Å². The van der Waals surface area contributed by atoms with Gasteiger partial charge < -0.3 is 85.3 Å². The van der Waals surface area contributed by atoms with E-state index >= 15 is 0 Å². The average molecular weight is 2080 g/mol. The van der Waals surface area contributed by atoms with E-state index in [4.69, 9.17) is 85.3 Å². The van der Waals surface area contributed by atoms with E-state index in [0.717, 1.165) is 108 Å². The van der Waals surface area contributed by atoms with Crippen LogP contribution in [0.1, 0.15) is 177 Å². The van der Waals surface area contributed by atoms with Crippen LogP contribution in [0.3, 0.4) is 0 Å². The molecule has 18 aliphatic heterocycles. The maximum absolute atomic E-state index is 13.2. The average Bonchev–Trinajstić information content (AvgIpc) is 1.58. The van der Waals surface area contributed by atoms with Crippen LogP contribution in [0.5, 0.6) is 0 Å². The van der Waals surface area contributed by atoms with Gasteiger partial charge >= 0.3 is 102 Å². The highest BCUT2D eigenvalue weighted by atomic mass is 16.6. The molecule has 54 heteroatoms. The van der Waals surface area contributed by atoms with Gasteiger partial charge in [0.05, 0.1) is 246 Å². The Morgan fingerprint density at radius 2 is 0.347 bits per heavy atom.